The van der Waals surface area contributed by atoms with E-state index in [0.29, 0.717) is 75.7 Å². The van der Waals surface area contributed by atoms with E-state index in [1.165, 1.54) is 28.0 Å². The number of benzene rings is 3. The number of anilines is 1. The van der Waals surface area contributed by atoms with Crippen molar-refractivity contribution in [2.45, 2.75) is 49.2 Å². The summed E-state index contributed by atoms with van der Waals surface area (Å²) in [6.45, 7) is 5.64. The van der Waals surface area contributed by atoms with Crippen LogP contribution < -0.4 is 23.8 Å². The summed E-state index contributed by atoms with van der Waals surface area (Å²) in [5.41, 5.74) is 1.66. The minimum Gasteiger partial charge on any atom is -0.507 e. The highest BCUT2D eigenvalue weighted by Gasteiger charge is 2.48. The number of carbonyl (C=O) groups excluding carboxylic acids is 2. The number of ketones is 1. The van der Waals surface area contributed by atoms with Crippen LogP contribution in [0.15, 0.2) is 70.6 Å². The number of aliphatic hydroxyl groups is 1. The Morgan fingerprint density at radius 2 is 1.81 bits per heavy atom. The summed E-state index contributed by atoms with van der Waals surface area (Å²) in [7, 11) is 0. The van der Waals surface area contributed by atoms with Crippen molar-refractivity contribution in [3.8, 4) is 23.0 Å². The first kappa shape index (κ1) is 33.6. The minimum absolute atomic E-state index is 0.101. The van der Waals surface area contributed by atoms with Gasteiger partial charge in [-0.15, -0.1) is 10.2 Å². The molecule has 3 aromatic carbocycles. The second-order valence-corrected chi connectivity index (χ2v) is 13.5. The SMILES string of the molecule is CCCCCOc1ccc([C@H]2C(=C(O)c3ccc4c(c3)OCCO4)C(=O)C(=O)N2c2nnc(SCc3ccccc3Cl)s2)cc1OCC. The van der Waals surface area contributed by atoms with Crippen molar-refractivity contribution in [1.29, 1.82) is 0 Å². The molecule has 3 heterocycles. The van der Waals surface area contributed by atoms with Gasteiger partial charge in [-0.25, -0.2) is 0 Å². The second-order valence-electron chi connectivity index (χ2n) is 11.0. The van der Waals surface area contributed by atoms with Gasteiger partial charge in [0.1, 0.15) is 19.0 Å². The van der Waals surface area contributed by atoms with Crippen LogP contribution in [-0.4, -0.2) is 53.4 Å². The Morgan fingerprint density at radius 1 is 1.00 bits per heavy atom. The monoisotopic (exact) mass is 707 g/mol. The fourth-order valence-corrected chi connectivity index (χ4v) is 7.57. The van der Waals surface area contributed by atoms with Gasteiger partial charge in [-0.2, -0.15) is 0 Å². The zero-order valence-electron chi connectivity index (χ0n) is 26.4. The van der Waals surface area contributed by atoms with E-state index in [1.54, 1.807) is 36.4 Å². The van der Waals surface area contributed by atoms with E-state index >= 15 is 0 Å². The van der Waals surface area contributed by atoms with Crippen molar-refractivity contribution < 1.29 is 33.6 Å². The molecule has 0 saturated carbocycles. The highest BCUT2D eigenvalue weighted by Crippen LogP contribution is 2.46. The highest BCUT2D eigenvalue weighted by atomic mass is 35.5. The molecule has 10 nitrogen and oxygen atoms in total. The number of thioether (sulfide) groups is 1. The van der Waals surface area contributed by atoms with Crippen molar-refractivity contribution >= 4 is 57.3 Å². The molecule has 2 aliphatic rings. The Morgan fingerprint density at radius 3 is 2.60 bits per heavy atom. The Labute approximate surface area is 291 Å². The number of ether oxygens (including phenoxy) is 4. The molecule has 4 aromatic rings. The maximum atomic E-state index is 13.8. The van der Waals surface area contributed by atoms with Gasteiger partial charge in [-0.3, -0.25) is 14.5 Å². The van der Waals surface area contributed by atoms with Crippen LogP contribution in [0, 0.1) is 0 Å². The Balaban J connectivity index is 1.40. The molecule has 2 aliphatic heterocycles. The van der Waals surface area contributed by atoms with Gasteiger partial charge in [0.15, 0.2) is 27.3 Å². The number of carbonyl (C=O) groups is 2. The minimum atomic E-state index is -1.04. The number of aromatic nitrogens is 2. The van der Waals surface area contributed by atoms with Gasteiger partial charge < -0.3 is 24.1 Å². The molecule has 1 aromatic heterocycles. The van der Waals surface area contributed by atoms with Crippen molar-refractivity contribution in [2.24, 2.45) is 0 Å². The van der Waals surface area contributed by atoms with Crippen LogP contribution in [-0.2, 0) is 15.3 Å². The molecule has 0 radical (unpaired) electrons. The van der Waals surface area contributed by atoms with Gasteiger partial charge in [-0.05, 0) is 60.9 Å². The normalized spacial score (nSPS) is 16.7. The number of fused-ring (bicyclic) bond motifs is 1. The zero-order valence-corrected chi connectivity index (χ0v) is 28.8. The fraction of sp³-hybridized carbons (Fsp3) is 0.314. The van der Waals surface area contributed by atoms with E-state index in [2.05, 4.69) is 17.1 Å². The summed E-state index contributed by atoms with van der Waals surface area (Å²) in [6, 6.07) is 16.7. The molecule has 13 heteroatoms. The molecule has 250 valence electrons. The lowest BCUT2D eigenvalue weighted by atomic mass is 9.95. The molecule has 0 spiro atoms. The van der Waals surface area contributed by atoms with Gasteiger partial charge in [0.25, 0.3) is 5.78 Å². The smallest absolute Gasteiger partial charge is 0.301 e. The molecule has 6 rings (SSSR count). The molecule has 48 heavy (non-hydrogen) atoms. The number of nitrogens with zero attached hydrogens (tertiary/aromatic N) is 3. The number of unbranched alkanes of at least 4 members (excludes halogenated alkanes) is 2. The van der Waals surface area contributed by atoms with E-state index in [9.17, 15) is 14.7 Å². The molecule has 0 aliphatic carbocycles. The summed E-state index contributed by atoms with van der Waals surface area (Å²) in [4.78, 5) is 28.9. The summed E-state index contributed by atoms with van der Waals surface area (Å²) < 4.78 is 23.9. The number of amides is 1. The van der Waals surface area contributed by atoms with Crippen LogP contribution in [0.4, 0.5) is 5.13 Å². The molecule has 1 N–H and O–H groups in total. The van der Waals surface area contributed by atoms with E-state index in [-0.39, 0.29) is 16.5 Å². The first-order valence-electron chi connectivity index (χ1n) is 15.7. The molecule has 1 atom stereocenters. The molecule has 0 bridgehead atoms. The maximum absolute atomic E-state index is 13.8. The van der Waals surface area contributed by atoms with Gasteiger partial charge in [-0.1, -0.05) is 78.7 Å². The van der Waals surface area contributed by atoms with E-state index in [4.69, 9.17) is 30.5 Å². The average molecular weight is 708 g/mol. The van der Waals surface area contributed by atoms with Gasteiger partial charge in [0.05, 0.1) is 24.8 Å². The quantitative estimate of drug-likeness (QED) is 0.0367. The molecular formula is C35H34ClN3O7S2. The second kappa shape index (κ2) is 15.3. The van der Waals surface area contributed by atoms with Crippen molar-refractivity contribution in [1.82, 2.24) is 10.2 Å². The maximum Gasteiger partial charge on any atom is 0.301 e. The first-order chi connectivity index (χ1) is 23.4. The van der Waals surface area contributed by atoms with Gasteiger partial charge in [0, 0.05) is 16.3 Å². The van der Waals surface area contributed by atoms with Crippen LogP contribution in [0.5, 0.6) is 23.0 Å². The Hall–Kier alpha value is -4.26. The summed E-state index contributed by atoms with van der Waals surface area (Å²) in [5, 5.41) is 21.2. The fourth-order valence-electron chi connectivity index (χ4n) is 5.42. The molecule has 0 unspecified atom stereocenters. The lowest BCUT2D eigenvalue weighted by molar-refractivity contribution is -0.132. The average Bonchev–Trinajstić information content (AvgIpc) is 3.67. The number of rotatable bonds is 13. The molecule has 1 saturated heterocycles. The van der Waals surface area contributed by atoms with E-state index < -0.39 is 17.7 Å². The lowest BCUT2D eigenvalue weighted by Crippen LogP contribution is -2.29. The molecular weight excluding hydrogens is 674 g/mol. The van der Waals surface area contributed by atoms with Crippen LogP contribution in [0.2, 0.25) is 5.02 Å². The number of hydrogen-bond donors (Lipinski definition) is 1. The standard InChI is InChI=1S/C35H34ClN3O7S2/c1-3-5-8-15-44-25-13-11-21(18-27(25)43-4-2)30-29(31(40)22-12-14-26-28(19-22)46-17-16-45-26)32(41)33(42)39(30)34-37-38-35(48-34)47-20-23-9-6-7-10-24(23)36/h6-7,9-14,18-19,30,40H,3-5,8,15-17,20H2,1-2H3/t30-/m0/s1. The largest absolute Gasteiger partial charge is 0.507 e. The van der Waals surface area contributed by atoms with Crippen LogP contribution in [0.1, 0.15) is 55.8 Å². The summed E-state index contributed by atoms with van der Waals surface area (Å²) in [6.07, 6.45) is 3.00. The third kappa shape index (κ3) is 7.11. The number of aliphatic hydroxyl groups excluding tert-OH is 1. The van der Waals surface area contributed by atoms with Crippen molar-refractivity contribution in [2.75, 3.05) is 31.3 Å². The molecule has 1 fully saturated rings. The zero-order chi connectivity index (χ0) is 33.6. The van der Waals surface area contributed by atoms with Crippen molar-refractivity contribution in [3.05, 3.63) is 87.9 Å². The number of hydrogen-bond acceptors (Lipinski definition) is 11. The lowest BCUT2D eigenvalue weighted by Gasteiger charge is -2.24. The van der Waals surface area contributed by atoms with Crippen LogP contribution in [0.25, 0.3) is 5.76 Å². The van der Waals surface area contributed by atoms with Crippen LogP contribution in [0.3, 0.4) is 0 Å². The molecule has 1 amide bonds. The topological polar surface area (TPSA) is 120 Å². The summed E-state index contributed by atoms with van der Waals surface area (Å²) >= 11 is 8.94. The third-order valence-corrected chi connectivity index (χ3v) is 10.2. The predicted molar refractivity (Wildman–Crippen MR) is 186 cm³/mol. The first-order valence-corrected chi connectivity index (χ1v) is 17.9. The third-order valence-electron chi connectivity index (χ3n) is 7.76. The van der Waals surface area contributed by atoms with E-state index in [0.717, 1.165) is 24.8 Å². The number of halogens is 1. The number of Topliss-reactive ketones (excluding diaryl/α,β-unsaturated/α-hetero) is 1. The van der Waals surface area contributed by atoms with E-state index in [1.807, 2.05) is 31.2 Å². The van der Waals surface area contributed by atoms with Gasteiger partial charge in [0.2, 0.25) is 5.13 Å². The van der Waals surface area contributed by atoms with Crippen molar-refractivity contribution in [3.63, 3.8) is 0 Å². The van der Waals surface area contributed by atoms with Crippen LogP contribution >= 0.6 is 34.7 Å². The Bertz CT molecular complexity index is 1850. The highest BCUT2D eigenvalue weighted by molar-refractivity contribution is 8.00. The summed E-state index contributed by atoms with van der Waals surface area (Å²) in [5.74, 6) is 0.470. The Kier molecular flexibility index (Phi) is 10.7. The van der Waals surface area contributed by atoms with Gasteiger partial charge >= 0.3 is 5.91 Å². The predicted octanol–water partition coefficient (Wildman–Crippen LogP) is 7.85.